The summed E-state index contributed by atoms with van der Waals surface area (Å²) in [5, 5.41) is 2.41. The quantitative estimate of drug-likeness (QED) is 0.684. The first-order valence-corrected chi connectivity index (χ1v) is 5.58. The lowest BCUT2D eigenvalue weighted by molar-refractivity contribution is -0.121. The van der Waals surface area contributed by atoms with Gasteiger partial charge in [-0.3, -0.25) is 4.79 Å². The van der Waals surface area contributed by atoms with E-state index < -0.39 is 10.0 Å². The molecule has 0 saturated carbocycles. The summed E-state index contributed by atoms with van der Waals surface area (Å²) >= 11 is 17.1. The van der Waals surface area contributed by atoms with Gasteiger partial charge in [0.15, 0.2) is 0 Å². The van der Waals surface area contributed by atoms with Gasteiger partial charge >= 0.3 is 0 Å². The molecule has 0 spiro atoms. The molecule has 6 heteroatoms. The fraction of sp³-hybridized carbons (Fsp3) is 0.300. The molecule has 1 N–H and O–H groups in total. The van der Waals surface area contributed by atoms with Crippen LogP contribution < -0.4 is 10.1 Å². The van der Waals surface area contributed by atoms with Crippen LogP contribution in [-0.4, -0.2) is 15.9 Å². The fourth-order valence-corrected chi connectivity index (χ4v) is 1.30. The van der Waals surface area contributed by atoms with Crippen LogP contribution in [0.4, 0.5) is 0 Å². The minimum atomic E-state index is -1.73. The summed E-state index contributed by atoms with van der Waals surface area (Å²) in [6.07, 6.45) is -1.03. The predicted octanol–water partition coefficient (Wildman–Crippen LogP) is 2.90. The van der Waals surface area contributed by atoms with Crippen LogP contribution in [-0.2, 0) is 4.79 Å². The highest BCUT2D eigenvalue weighted by Crippen LogP contribution is 2.31. The number of nitrogens with one attached hydrogen (secondary N) is 1. The van der Waals surface area contributed by atoms with Crippen LogP contribution in [0.5, 0.6) is 5.75 Å². The topological polar surface area (TPSA) is 38.3 Å². The predicted molar refractivity (Wildman–Crippen MR) is 65.0 cm³/mol. The first-order valence-electron chi connectivity index (χ1n) is 4.45. The highest BCUT2D eigenvalue weighted by molar-refractivity contribution is 6.68. The Hall–Kier alpha value is -0.640. The third-order valence-electron chi connectivity index (χ3n) is 1.63. The van der Waals surface area contributed by atoms with Gasteiger partial charge < -0.3 is 10.1 Å². The summed E-state index contributed by atoms with van der Waals surface area (Å²) in [4.78, 5) is 10.9. The molecule has 0 unspecified atom stereocenters. The van der Waals surface area contributed by atoms with E-state index in [4.69, 9.17) is 39.5 Å². The Kier molecular flexibility index (Phi) is 4.71. The third kappa shape index (κ3) is 4.47. The van der Waals surface area contributed by atoms with Crippen molar-refractivity contribution in [2.24, 2.45) is 0 Å². The summed E-state index contributed by atoms with van der Waals surface area (Å²) in [5.41, 5.74) is 0. The van der Waals surface area contributed by atoms with E-state index in [1.54, 1.807) is 24.3 Å². The van der Waals surface area contributed by atoms with E-state index in [1.807, 2.05) is 6.07 Å². The van der Waals surface area contributed by atoms with Crippen molar-refractivity contribution in [3.63, 3.8) is 0 Å². The fourth-order valence-electron chi connectivity index (χ4n) is 0.998. The summed E-state index contributed by atoms with van der Waals surface area (Å²) in [6, 6.07) is 8.78. The molecule has 0 fully saturated rings. The molecule has 0 bridgehead atoms. The molecule has 0 aliphatic rings. The number of carbonyl (C=O) groups is 1. The monoisotopic (exact) mass is 281 g/mol. The Morgan fingerprint density at radius 2 is 1.88 bits per heavy atom. The van der Waals surface area contributed by atoms with Crippen molar-refractivity contribution < 1.29 is 9.53 Å². The number of ether oxygens (including phenoxy) is 1. The second-order valence-electron chi connectivity index (χ2n) is 3.05. The molecule has 1 rings (SSSR count). The lowest BCUT2D eigenvalue weighted by Gasteiger charge is -2.25. The molecule has 88 valence electrons. The zero-order valence-corrected chi connectivity index (χ0v) is 10.7. The van der Waals surface area contributed by atoms with Crippen molar-refractivity contribution in [1.29, 1.82) is 0 Å². The van der Waals surface area contributed by atoms with Gasteiger partial charge in [-0.2, -0.15) is 0 Å². The first-order chi connectivity index (χ1) is 7.39. The molecular formula is C10H10Cl3NO2. The van der Waals surface area contributed by atoms with E-state index in [0.29, 0.717) is 5.75 Å². The Balaban J connectivity index is 2.75. The summed E-state index contributed by atoms with van der Waals surface area (Å²) in [7, 11) is 0. The second kappa shape index (κ2) is 5.62. The lowest BCUT2D eigenvalue weighted by atomic mass is 10.3. The third-order valence-corrected chi connectivity index (χ3v) is 2.22. The minimum Gasteiger partial charge on any atom is -0.466 e. The van der Waals surface area contributed by atoms with Gasteiger partial charge in [0.25, 0.3) is 0 Å². The minimum absolute atomic E-state index is 0.341. The molecule has 1 amide bonds. The molecule has 16 heavy (non-hydrogen) atoms. The standard InChI is InChI=1S/C10H10Cl3NO2/c1-7(15)14-9(10(11,12)13)16-8-5-3-2-4-6-8/h2-6,9H,1H3,(H,14,15)/t9-/m1/s1. The Morgan fingerprint density at radius 3 is 2.31 bits per heavy atom. The number of hydrogen-bond donors (Lipinski definition) is 1. The molecule has 0 aromatic heterocycles. The maximum absolute atomic E-state index is 10.9. The summed E-state index contributed by atoms with van der Waals surface area (Å²) < 4.78 is 3.63. The van der Waals surface area contributed by atoms with Crippen molar-refractivity contribution in [3.05, 3.63) is 30.3 Å². The Morgan fingerprint density at radius 1 is 1.31 bits per heavy atom. The van der Waals surface area contributed by atoms with Crippen molar-refractivity contribution >= 4 is 40.7 Å². The maximum Gasteiger partial charge on any atom is 0.246 e. The van der Waals surface area contributed by atoms with Crippen molar-refractivity contribution in [2.75, 3.05) is 0 Å². The molecule has 0 heterocycles. The van der Waals surface area contributed by atoms with Crippen LogP contribution in [0.2, 0.25) is 0 Å². The molecule has 1 aromatic rings. The summed E-state index contributed by atoms with van der Waals surface area (Å²) in [5.74, 6) is 0.167. The number of amides is 1. The van der Waals surface area contributed by atoms with E-state index in [2.05, 4.69) is 5.32 Å². The normalized spacial score (nSPS) is 13.0. The van der Waals surface area contributed by atoms with E-state index >= 15 is 0 Å². The first kappa shape index (κ1) is 13.4. The molecule has 0 aliphatic heterocycles. The molecule has 0 aliphatic carbocycles. The van der Waals surface area contributed by atoms with Gasteiger partial charge in [-0.15, -0.1) is 0 Å². The number of rotatable bonds is 3. The zero-order chi connectivity index (χ0) is 12.2. The molecule has 0 radical (unpaired) electrons. The number of halogens is 3. The highest BCUT2D eigenvalue weighted by atomic mass is 35.6. The van der Waals surface area contributed by atoms with Gasteiger partial charge in [-0.1, -0.05) is 53.0 Å². The van der Waals surface area contributed by atoms with Crippen LogP contribution in [0, 0.1) is 0 Å². The van der Waals surface area contributed by atoms with Crippen LogP contribution in [0.3, 0.4) is 0 Å². The van der Waals surface area contributed by atoms with E-state index in [1.165, 1.54) is 6.92 Å². The smallest absolute Gasteiger partial charge is 0.246 e. The molecule has 0 saturated heterocycles. The number of carbonyl (C=O) groups excluding carboxylic acids is 1. The average Bonchev–Trinajstić information content (AvgIpc) is 2.16. The molecular weight excluding hydrogens is 272 g/mol. The van der Waals surface area contributed by atoms with Gasteiger partial charge in [0.05, 0.1) is 0 Å². The van der Waals surface area contributed by atoms with Crippen LogP contribution in [0.1, 0.15) is 6.92 Å². The van der Waals surface area contributed by atoms with Gasteiger partial charge in [-0.25, -0.2) is 0 Å². The maximum atomic E-state index is 10.9. The van der Waals surface area contributed by atoms with Crippen LogP contribution >= 0.6 is 34.8 Å². The number of alkyl halides is 3. The SMILES string of the molecule is CC(=O)N[C@H](Oc1ccccc1)C(Cl)(Cl)Cl. The average molecular weight is 283 g/mol. The van der Waals surface area contributed by atoms with Crippen molar-refractivity contribution in [3.8, 4) is 5.75 Å². The molecule has 3 nitrogen and oxygen atoms in total. The number of benzene rings is 1. The largest absolute Gasteiger partial charge is 0.466 e. The van der Waals surface area contributed by atoms with Gasteiger partial charge in [0.1, 0.15) is 5.75 Å². The van der Waals surface area contributed by atoms with Crippen molar-refractivity contribution in [1.82, 2.24) is 5.32 Å². The Labute approximate surface area is 109 Å². The molecule has 1 atom stereocenters. The zero-order valence-electron chi connectivity index (χ0n) is 8.41. The van der Waals surface area contributed by atoms with E-state index in [0.717, 1.165) is 0 Å². The highest BCUT2D eigenvalue weighted by Gasteiger charge is 2.35. The van der Waals surface area contributed by atoms with Gasteiger partial charge in [0, 0.05) is 6.92 Å². The summed E-state index contributed by atoms with van der Waals surface area (Å²) in [6.45, 7) is 1.32. The van der Waals surface area contributed by atoms with Crippen LogP contribution in [0.25, 0.3) is 0 Å². The second-order valence-corrected chi connectivity index (χ2v) is 5.42. The lowest BCUT2D eigenvalue weighted by Crippen LogP contribution is -2.47. The number of para-hydroxylation sites is 1. The molecule has 1 aromatic carbocycles. The van der Waals surface area contributed by atoms with Crippen LogP contribution in [0.15, 0.2) is 30.3 Å². The van der Waals surface area contributed by atoms with Gasteiger partial charge in [-0.05, 0) is 12.1 Å². The van der Waals surface area contributed by atoms with Gasteiger partial charge in [0.2, 0.25) is 15.9 Å². The van der Waals surface area contributed by atoms with Crippen molar-refractivity contribution in [2.45, 2.75) is 16.9 Å². The number of hydrogen-bond acceptors (Lipinski definition) is 2. The van der Waals surface area contributed by atoms with E-state index in [-0.39, 0.29) is 5.91 Å². The van der Waals surface area contributed by atoms with E-state index in [9.17, 15) is 4.79 Å². The Bertz CT molecular complexity index is 351.